The summed E-state index contributed by atoms with van der Waals surface area (Å²) < 4.78 is 1.91. The molecular formula is C15H17N5OS. The molecule has 0 radical (unpaired) electrons. The number of nitrogens with one attached hydrogen (secondary N) is 1. The fourth-order valence-corrected chi connectivity index (χ4v) is 3.53. The number of aromatic nitrogens is 2. The van der Waals surface area contributed by atoms with Crippen molar-refractivity contribution in [2.45, 2.75) is 25.4 Å². The van der Waals surface area contributed by atoms with E-state index in [0.717, 1.165) is 25.9 Å². The molecule has 0 aliphatic carbocycles. The highest BCUT2D eigenvalue weighted by Gasteiger charge is 2.26. The van der Waals surface area contributed by atoms with Gasteiger partial charge in [0.05, 0.1) is 18.7 Å². The zero-order valence-corrected chi connectivity index (χ0v) is 12.9. The van der Waals surface area contributed by atoms with Crippen LogP contribution in [-0.2, 0) is 11.3 Å². The average Bonchev–Trinajstić information content (AvgIpc) is 3.22. The molecule has 22 heavy (non-hydrogen) atoms. The van der Waals surface area contributed by atoms with Crippen molar-refractivity contribution in [3.8, 4) is 6.07 Å². The average molecular weight is 315 g/mol. The van der Waals surface area contributed by atoms with E-state index >= 15 is 0 Å². The van der Waals surface area contributed by atoms with Gasteiger partial charge in [0.1, 0.15) is 11.1 Å². The fraction of sp³-hybridized carbons (Fsp3) is 0.400. The first-order chi connectivity index (χ1) is 10.8. The van der Waals surface area contributed by atoms with Crippen molar-refractivity contribution in [1.82, 2.24) is 14.7 Å². The highest BCUT2D eigenvalue weighted by molar-refractivity contribution is 7.14. The Hall–Kier alpha value is -2.17. The summed E-state index contributed by atoms with van der Waals surface area (Å²) in [7, 11) is 0. The third-order valence-corrected chi connectivity index (χ3v) is 4.67. The van der Waals surface area contributed by atoms with Gasteiger partial charge in [-0.25, -0.2) is 0 Å². The Kier molecular flexibility index (Phi) is 4.51. The Morgan fingerprint density at radius 2 is 2.50 bits per heavy atom. The number of nitrogens with zero attached hydrogens (tertiary/aromatic N) is 4. The molecule has 7 heteroatoms. The first-order valence-corrected chi connectivity index (χ1v) is 8.13. The summed E-state index contributed by atoms with van der Waals surface area (Å²) in [5.74, 6) is -0.0636. The molecule has 0 saturated carbocycles. The lowest BCUT2D eigenvalue weighted by Gasteiger charge is -2.23. The SMILES string of the molecule is N#Cc1ccsc1NC(=O)CN1CCC[C@@H]1Cn1cccn1. The van der Waals surface area contributed by atoms with E-state index in [9.17, 15) is 4.79 Å². The second-order valence-electron chi connectivity index (χ2n) is 5.32. The topological polar surface area (TPSA) is 74.0 Å². The highest BCUT2D eigenvalue weighted by Crippen LogP contribution is 2.23. The van der Waals surface area contributed by atoms with Crippen LogP contribution in [0.15, 0.2) is 29.9 Å². The molecule has 1 saturated heterocycles. The molecule has 2 aromatic heterocycles. The number of nitriles is 1. The molecule has 2 aromatic rings. The van der Waals surface area contributed by atoms with Gasteiger partial charge >= 0.3 is 0 Å². The Labute approximate surface area is 133 Å². The second kappa shape index (κ2) is 6.73. The number of carbonyl (C=O) groups is 1. The quantitative estimate of drug-likeness (QED) is 0.915. The largest absolute Gasteiger partial charge is 0.315 e. The molecule has 0 spiro atoms. The summed E-state index contributed by atoms with van der Waals surface area (Å²) in [4.78, 5) is 14.4. The van der Waals surface area contributed by atoms with Crippen LogP contribution in [0.2, 0.25) is 0 Å². The van der Waals surface area contributed by atoms with Crippen LogP contribution in [0.1, 0.15) is 18.4 Å². The number of amides is 1. The smallest absolute Gasteiger partial charge is 0.239 e. The summed E-state index contributed by atoms with van der Waals surface area (Å²) >= 11 is 1.38. The van der Waals surface area contributed by atoms with Gasteiger partial charge in [0.15, 0.2) is 0 Å². The number of carbonyl (C=O) groups excluding carboxylic acids is 1. The van der Waals surface area contributed by atoms with Crippen molar-refractivity contribution < 1.29 is 4.79 Å². The third-order valence-electron chi connectivity index (χ3n) is 3.84. The highest BCUT2D eigenvalue weighted by atomic mass is 32.1. The maximum atomic E-state index is 12.2. The minimum absolute atomic E-state index is 0.0636. The van der Waals surface area contributed by atoms with Gasteiger partial charge in [-0.15, -0.1) is 11.3 Å². The normalized spacial score (nSPS) is 18.2. The van der Waals surface area contributed by atoms with E-state index in [0.29, 0.717) is 23.2 Å². The van der Waals surface area contributed by atoms with Gasteiger partial charge in [0, 0.05) is 18.4 Å². The lowest BCUT2D eigenvalue weighted by Crippen LogP contribution is -2.39. The van der Waals surface area contributed by atoms with Crippen LogP contribution in [-0.4, -0.2) is 39.7 Å². The van der Waals surface area contributed by atoms with Gasteiger partial charge in [-0.05, 0) is 36.9 Å². The minimum atomic E-state index is -0.0636. The van der Waals surface area contributed by atoms with Gasteiger partial charge in [-0.3, -0.25) is 14.4 Å². The summed E-state index contributed by atoms with van der Waals surface area (Å²) in [6.07, 6.45) is 5.89. The molecule has 0 unspecified atom stereocenters. The number of hydrogen-bond acceptors (Lipinski definition) is 5. The number of likely N-dealkylation sites (tertiary alicyclic amines) is 1. The predicted molar refractivity (Wildman–Crippen MR) is 84.5 cm³/mol. The summed E-state index contributed by atoms with van der Waals surface area (Å²) in [6, 6.07) is 6.05. The van der Waals surface area contributed by atoms with Crippen LogP contribution in [0.4, 0.5) is 5.00 Å². The van der Waals surface area contributed by atoms with Crippen LogP contribution in [0.3, 0.4) is 0 Å². The maximum absolute atomic E-state index is 12.2. The van der Waals surface area contributed by atoms with E-state index < -0.39 is 0 Å². The summed E-state index contributed by atoms with van der Waals surface area (Å²) in [5.41, 5.74) is 0.521. The van der Waals surface area contributed by atoms with Crippen molar-refractivity contribution in [3.63, 3.8) is 0 Å². The van der Waals surface area contributed by atoms with E-state index in [1.165, 1.54) is 11.3 Å². The molecule has 0 bridgehead atoms. The molecule has 1 aliphatic heterocycles. The minimum Gasteiger partial charge on any atom is -0.315 e. The zero-order valence-electron chi connectivity index (χ0n) is 12.1. The molecular weight excluding hydrogens is 298 g/mol. The Morgan fingerprint density at radius 1 is 1.59 bits per heavy atom. The van der Waals surface area contributed by atoms with Gasteiger partial charge in [0.2, 0.25) is 5.91 Å². The van der Waals surface area contributed by atoms with Crippen molar-refractivity contribution in [1.29, 1.82) is 5.26 Å². The standard InChI is InChI=1S/C15H17N5OS/c16-9-12-4-8-22-15(12)18-14(21)11-19-6-1-3-13(19)10-20-7-2-5-17-20/h2,4-5,7-8,13H,1,3,6,10-11H2,(H,18,21)/t13-/m1/s1. The first-order valence-electron chi connectivity index (χ1n) is 7.25. The molecule has 3 heterocycles. The number of hydrogen-bond donors (Lipinski definition) is 1. The van der Waals surface area contributed by atoms with Gasteiger partial charge in [-0.2, -0.15) is 10.4 Å². The van der Waals surface area contributed by atoms with Crippen molar-refractivity contribution in [2.24, 2.45) is 0 Å². The Bertz CT molecular complexity index is 672. The molecule has 1 fully saturated rings. The third kappa shape index (κ3) is 3.35. The monoisotopic (exact) mass is 315 g/mol. The predicted octanol–water partition coefficient (Wildman–Crippen LogP) is 1.92. The van der Waals surface area contributed by atoms with Crippen LogP contribution in [0, 0.1) is 11.3 Å². The van der Waals surface area contributed by atoms with Crippen molar-refractivity contribution in [2.75, 3.05) is 18.4 Å². The van der Waals surface area contributed by atoms with Crippen molar-refractivity contribution in [3.05, 3.63) is 35.5 Å². The van der Waals surface area contributed by atoms with Crippen LogP contribution in [0.25, 0.3) is 0 Å². The molecule has 3 rings (SSSR count). The van der Waals surface area contributed by atoms with E-state index in [-0.39, 0.29) is 5.91 Å². The molecule has 1 amide bonds. The van der Waals surface area contributed by atoms with Gasteiger partial charge in [0.25, 0.3) is 0 Å². The summed E-state index contributed by atoms with van der Waals surface area (Å²) in [6.45, 7) is 2.09. The van der Waals surface area contributed by atoms with E-state index in [1.807, 2.05) is 22.3 Å². The molecule has 1 aliphatic rings. The Balaban J connectivity index is 1.57. The van der Waals surface area contributed by atoms with E-state index in [2.05, 4.69) is 21.4 Å². The fourth-order valence-electron chi connectivity index (χ4n) is 2.78. The first kappa shape index (κ1) is 14.8. The molecule has 114 valence electrons. The number of thiophene rings is 1. The van der Waals surface area contributed by atoms with Crippen molar-refractivity contribution >= 4 is 22.2 Å². The maximum Gasteiger partial charge on any atom is 0.239 e. The van der Waals surface area contributed by atoms with Gasteiger partial charge in [-0.1, -0.05) is 0 Å². The lowest BCUT2D eigenvalue weighted by molar-refractivity contribution is -0.117. The van der Waals surface area contributed by atoms with Crippen LogP contribution in [0.5, 0.6) is 0 Å². The molecule has 1 atom stereocenters. The Morgan fingerprint density at radius 3 is 3.27 bits per heavy atom. The molecule has 1 N–H and O–H groups in total. The molecule has 0 aromatic carbocycles. The zero-order chi connectivity index (χ0) is 15.4. The van der Waals surface area contributed by atoms with E-state index in [1.54, 1.807) is 12.3 Å². The number of rotatable bonds is 5. The number of anilines is 1. The van der Waals surface area contributed by atoms with Crippen LogP contribution >= 0.6 is 11.3 Å². The van der Waals surface area contributed by atoms with Gasteiger partial charge < -0.3 is 5.32 Å². The van der Waals surface area contributed by atoms with E-state index in [4.69, 9.17) is 5.26 Å². The molecule has 6 nitrogen and oxygen atoms in total. The summed E-state index contributed by atoms with van der Waals surface area (Å²) in [5, 5.41) is 18.5. The second-order valence-corrected chi connectivity index (χ2v) is 6.23. The van der Waals surface area contributed by atoms with Crippen LogP contribution < -0.4 is 5.32 Å². The lowest BCUT2D eigenvalue weighted by atomic mass is 10.2.